The van der Waals surface area contributed by atoms with Crippen molar-refractivity contribution in [2.75, 3.05) is 0 Å². The van der Waals surface area contributed by atoms with E-state index in [2.05, 4.69) is 19.9 Å². The van der Waals surface area contributed by atoms with Gasteiger partial charge in [-0.1, -0.05) is 30.3 Å². The Morgan fingerprint density at radius 3 is 3.04 bits per heavy atom. The van der Waals surface area contributed by atoms with Crippen LogP contribution in [-0.4, -0.2) is 25.4 Å². The highest BCUT2D eigenvalue weighted by atomic mass is 32.1. The first kappa shape index (κ1) is 14.5. The van der Waals surface area contributed by atoms with Crippen LogP contribution in [0.3, 0.4) is 0 Å². The molecule has 1 aromatic carbocycles. The number of rotatable bonds is 3. The lowest BCUT2D eigenvalue weighted by Crippen LogP contribution is -2.17. The summed E-state index contributed by atoms with van der Waals surface area (Å²) in [5, 5.41) is 2.60. The minimum absolute atomic E-state index is 0.305. The van der Waals surface area contributed by atoms with Gasteiger partial charge in [-0.3, -0.25) is 4.79 Å². The second kappa shape index (κ2) is 6.21. The number of hydrogen-bond acceptors (Lipinski definition) is 4. The maximum Gasteiger partial charge on any atom is 0.281 e. The minimum Gasteiger partial charge on any atom is -0.345 e. The number of amides is 1. The van der Waals surface area contributed by atoms with Crippen molar-refractivity contribution in [3.8, 4) is 0 Å². The number of carbonyl (C=O) groups is 1. The predicted octanol–water partition coefficient (Wildman–Crippen LogP) is 2.61. The molecule has 0 spiro atoms. The number of thiazole rings is 1. The fourth-order valence-corrected chi connectivity index (χ4v) is 3.20. The van der Waals surface area contributed by atoms with E-state index >= 15 is 0 Å². The van der Waals surface area contributed by atoms with E-state index in [0.29, 0.717) is 27.9 Å². The largest absolute Gasteiger partial charge is 0.345 e. The van der Waals surface area contributed by atoms with Gasteiger partial charge in [0.05, 0.1) is 5.56 Å². The average molecular weight is 335 g/mol. The van der Waals surface area contributed by atoms with Crippen molar-refractivity contribution < 1.29 is 4.79 Å². The third-order valence-corrected chi connectivity index (χ3v) is 4.43. The third kappa shape index (κ3) is 2.77. The second-order valence-corrected chi connectivity index (χ2v) is 6.08. The molecule has 0 aliphatic carbocycles. The Kier molecular flexibility index (Phi) is 3.76. The van der Waals surface area contributed by atoms with Gasteiger partial charge in [0.15, 0.2) is 4.80 Å². The van der Waals surface area contributed by atoms with Crippen LogP contribution in [0.4, 0.5) is 0 Å². The molecule has 0 aliphatic rings. The summed E-state index contributed by atoms with van der Waals surface area (Å²) < 4.78 is 1.96. The van der Waals surface area contributed by atoms with Crippen LogP contribution in [-0.2, 0) is 6.54 Å². The fourth-order valence-electron chi connectivity index (χ4n) is 2.47. The lowest BCUT2D eigenvalue weighted by Gasteiger charge is -2.02. The predicted molar refractivity (Wildman–Crippen MR) is 91.6 cm³/mol. The topological polar surface area (TPSA) is 75.9 Å². The SMILES string of the molecule is O=C(N=c1sccn1Cc1ccccc1)c1c[nH]c2ncncc12. The Labute approximate surface area is 141 Å². The molecular weight excluding hydrogens is 322 g/mol. The zero-order chi connectivity index (χ0) is 16.4. The van der Waals surface area contributed by atoms with Crippen LogP contribution in [0.1, 0.15) is 15.9 Å². The van der Waals surface area contributed by atoms with Crippen molar-refractivity contribution in [1.82, 2.24) is 19.5 Å². The summed E-state index contributed by atoms with van der Waals surface area (Å²) in [6.07, 6.45) is 6.62. The fraction of sp³-hybridized carbons (Fsp3) is 0.0588. The summed E-state index contributed by atoms with van der Waals surface area (Å²) in [6.45, 7) is 0.674. The van der Waals surface area contributed by atoms with Gasteiger partial charge in [-0.05, 0) is 5.56 Å². The van der Waals surface area contributed by atoms with Crippen LogP contribution < -0.4 is 4.80 Å². The number of carbonyl (C=O) groups excluding carboxylic acids is 1. The van der Waals surface area contributed by atoms with Crippen LogP contribution >= 0.6 is 11.3 Å². The highest BCUT2D eigenvalue weighted by molar-refractivity contribution is 7.07. The number of nitrogens with zero attached hydrogens (tertiary/aromatic N) is 4. The quantitative estimate of drug-likeness (QED) is 0.625. The molecule has 7 heteroatoms. The van der Waals surface area contributed by atoms with Crippen LogP contribution in [0.25, 0.3) is 11.0 Å². The molecule has 0 unspecified atom stereocenters. The number of nitrogens with one attached hydrogen (secondary N) is 1. The standard InChI is InChI=1S/C17H13N5OS/c23-16(14-9-19-15-13(14)8-18-11-20-15)21-17-22(6-7-24-17)10-12-4-2-1-3-5-12/h1-9,11H,10H2,(H,18,19,20). The lowest BCUT2D eigenvalue weighted by atomic mass is 10.2. The Morgan fingerprint density at radius 2 is 2.17 bits per heavy atom. The Morgan fingerprint density at radius 1 is 1.29 bits per heavy atom. The zero-order valence-electron chi connectivity index (χ0n) is 12.6. The monoisotopic (exact) mass is 335 g/mol. The molecule has 4 aromatic rings. The van der Waals surface area contributed by atoms with Gasteiger partial charge < -0.3 is 9.55 Å². The minimum atomic E-state index is -0.305. The van der Waals surface area contributed by atoms with Gasteiger partial charge in [0.25, 0.3) is 5.91 Å². The molecule has 1 N–H and O–H groups in total. The zero-order valence-corrected chi connectivity index (χ0v) is 13.4. The highest BCUT2D eigenvalue weighted by Gasteiger charge is 2.12. The van der Waals surface area contributed by atoms with Crippen molar-refractivity contribution in [3.05, 3.63) is 76.6 Å². The molecule has 1 amide bonds. The number of hydrogen-bond donors (Lipinski definition) is 1. The molecule has 0 saturated heterocycles. The average Bonchev–Trinajstić information content (AvgIpc) is 3.23. The maximum absolute atomic E-state index is 12.5. The van der Waals surface area contributed by atoms with Gasteiger partial charge in [-0.25, -0.2) is 9.97 Å². The van der Waals surface area contributed by atoms with Crippen molar-refractivity contribution >= 4 is 28.3 Å². The van der Waals surface area contributed by atoms with Crippen LogP contribution in [0.15, 0.2) is 65.6 Å². The molecule has 0 fully saturated rings. The van der Waals surface area contributed by atoms with Gasteiger partial charge in [0.1, 0.15) is 12.0 Å². The van der Waals surface area contributed by atoms with Gasteiger partial charge in [-0.2, -0.15) is 4.99 Å². The van der Waals surface area contributed by atoms with Crippen LogP contribution in [0, 0.1) is 0 Å². The van der Waals surface area contributed by atoms with Crippen LogP contribution in [0.2, 0.25) is 0 Å². The van der Waals surface area contributed by atoms with Gasteiger partial charge in [0.2, 0.25) is 0 Å². The van der Waals surface area contributed by atoms with E-state index in [4.69, 9.17) is 0 Å². The normalized spacial score (nSPS) is 11.9. The second-order valence-electron chi connectivity index (χ2n) is 5.20. The molecule has 0 radical (unpaired) electrons. The number of benzene rings is 1. The summed E-state index contributed by atoms with van der Waals surface area (Å²) in [4.78, 5) is 28.5. The molecular formula is C17H13N5OS. The summed E-state index contributed by atoms with van der Waals surface area (Å²) >= 11 is 1.43. The van der Waals surface area contributed by atoms with E-state index < -0.39 is 0 Å². The molecule has 6 nitrogen and oxygen atoms in total. The molecule has 3 aromatic heterocycles. The Bertz CT molecular complexity index is 1060. The van der Waals surface area contributed by atoms with Crippen molar-refractivity contribution in [3.63, 3.8) is 0 Å². The Hall–Kier alpha value is -3.06. The lowest BCUT2D eigenvalue weighted by molar-refractivity contribution is 0.0999. The molecule has 24 heavy (non-hydrogen) atoms. The first-order valence-corrected chi connectivity index (χ1v) is 8.23. The van der Waals surface area contributed by atoms with E-state index in [-0.39, 0.29) is 5.91 Å². The summed E-state index contributed by atoms with van der Waals surface area (Å²) in [6, 6.07) is 10.1. The Balaban J connectivity index is 1.69. The van der Waals surface area contributed by atoms with Crippen molar-refractivity contribution in [2.24, 2.45) is 4.99 Å². The van der Waals surface area contributed by atoms with Crippen molar-refractivity contribution in [2.45, 2.75) is 6.54 Å². The van der Waals surface area contributed by atoms with Gasteiger partial charge in [0, 0.05) is 35.9 Å². The van der Waals surface area contributed by atoms with Crippen LogP contribution in [0.5, 0.6) is 0 Å². The molecule has 0 atom stereocenters. The first-order chi connectivity index (χ1) is 11.8. The first-order valence-electron chi connectivity index (χ1n) is 7.35. The van der Waals surface area contributed by atoms with E-state index in [1.807, 2.05) is 46.5 Å². The van der Waals surface area contributed by atoms with Gasteiger partial charge >= 0.3 is 0 Å². The molecule has 118 valence electrons. The van der Waals surface area contributed by atoms with Gasteiger partial charge in [-0.15, -0.1) is 11.3 Å². The smallest absolute Gasteiger partial charge is 0.281 e. The number of fused-ring (bicyclic) bond motifs is 1. The third-order valence-electron chi connectivity index (χ3n) is 3.64. The molecule has 0 saturated carbocycles. The van der Waals surface area contributed by atoms with E-state index in [1.165, 1.54) is 17.7 Å². The molecule has 0 bridgehead atoms. The number of aromatic amines is 1. The maximum atomic E-state index is 12.5. The number of H-pyrrole nitrogens is 1. The number of aromatic nitrogens is 4. The molecule has 3 heterocycles. The summed E-state index contributed by atoms with van der Waals surface area (Å²) in [5.41, 5.74) is 2.27. The van der Waals surface area contributed by atoms with E-state index in [1.54, 1.807) is 12.4 Å². The van der Waals surface area contributed by atoms with E-state index in [9.17, 15) is 4.79 Å². The van der Waals surface area contributed by atoms with Crippen molar-refractivity contribution in [1.29, 1.82) is 0 Å². The summed E-state index contributed by atoms with van der Waals surface area (Å²) in [5.74, 6) is -0.305. The summed E-state index contributed by atoms with van der Waals surface area (Å²) in [7, 11) is 0. The molecule has 4 rings (SSSR count). The molecule has 0 aliphatic heterocycles. The highest BCUT2D eigenvalue weighted by Crippen LogP contribution is 2.15. The van der Waals surface area contributed by atoms with E-state index in [0.717, 1.165) is 5.56 Å².